The highest BCUT2D eigenvalue weighted by atomic mass is 16.6. The van der Waals surface area contributed by atoms with Crippen LogP contribution in [0.5, 0.6) is 5.75 Å². The number of rotatable bonds is 2. The van der Waals surface area contributed by atoms with Gasteiger partial charge in [0.25, 0.3) is 5.56 Å². The molecule has 0 spiro atoms. The van der Waals surface area contributed by atoms with Crippen molar-refractivity contribution in [2.75, 3.05) is 0 Å². The summed E-state index contributed by atoms with van der Waals surface area (Å²) in [4.78, 5) is 40.8. The maximum absolute atomic E-state index is 11.7. The van der Waals surface area contributed by atoms with E-state index < -0.39 is 30.0 Å². The number of nitrogens with one attached hydrogen (secondary N) is 2. The lowest BCUT2D eigenvalue weighted by Crippen LogP contribution is -2.39. The number of hydrogen-bond acceptors (Lipinski definition) is 7. The van der Waals surface area contributed by atoms with E-state index >= 15 is 0 Å². The Hall–Kier alpha value is -2.52. The van der Waals surface area contributed by atoms with Crippen LogP contribution in [0.4, 0.5) is 4.79 Å². The van der Waals surface area contributed by atoms with Crippen molar-refractivity contribution in [3.63, 3.8) is 0 Å². The third kappa shape index (κ3) is 2.56. The molecule has 1 aliphatic carbocycles. The smallest absolute Gasteiger partial charge is 0.402 e. The predicted octanol–water partition coefficient (Wildman–Crippen LogP) is -1.24. The number of aromatic amines is 1. The highest BCUT2D eigenvalue weighted by molar-refractivity contribution is 5.98. The molecule has 110 valence electrons. The van der Waals surface area contributed by atoms with Gasteiger partial charge in [0.15, 0.2) is 5.78 Å². The van der Waals surface area contributed by atoms with Crippen molar-refractivity contribution in [2.24, 2.45) is 0 Å². The lowest BCUT2D eigenvalue weighted by atomic mass is 10.0. The minimum absolute atomic E-state index is 0.0275. The monoisotopic (exact) mass is 293 g/mol. The van der Waals surface area contributed by atoms with E-state index in [-0.39, 0.29) is 17.2 Å². The number of aryl methyl sites for hydroxylation is 1. The first-order valence-electron chi connectivity index (χ1n) is 6.09. The molecule has 9 nitrogen and oxygen atoms in total. The van der Waals surface area contributed by atoms with E-state index in [0.717, 1.165) is 12.3 Å². The van der Waals surface area contributed by atoms with Gasteiger partial charge in [-0.1, -0.05) is 0 Å². The van der Waals surface area contributed by atoms with Gasteiger partial charge < -0.3 is 19.6 Å². The van der Waals surface area contributed by atoms with Gasteiger partial charge in [-0.15, -0.1) is 0 Å². The van der Waals surface area contributed by atoms with E-state index in [1.165, 1.54) is 0 Å². The average Bonchev–Trinajstić information content (AvgIpc) is 3.20. The maximum atomic E-state index is 11.7. The van der Waals surface area contributed by atoms with Crippen molar-refractivity contribution in [1.82, 2.24) is 15.3 Å². The van der Waals surface area contributed by atoms with Gasteiger partial charge in [0.1, 0.15) is 24.1 Å². The average molecular weight is 293 g/mol. The number of epoxide rings is 1. The zero-order chi connectivity index (χ0) is 15.1. The first kappa shape index (κ1) is 13.5. The molecule has 0 aromatic carbocycles. The van der Waals surface area contributed by atoms with Crippen LogP contribution in [0, 0.1) is 6.92 Å². The normalized spacial score (nSPS) is 26.7. The van der Waals surface area contributed by atoms with Crippen molar-refractivity contribution in [1.29, 1.82) is 0 Å². The van der Waals surface area contributed by atoms with Crippen molar-refractivity contribution in [3.05, 3.63) is 34.1 Å². The number of carbonyl (C=O) groups is 2. The standard InChI is InChI=1S/C12H11N3O6/c1-4-13-3-7(11(18)14-4)20-12(19)15-5-2-6(16)9-10(21-9)8(5)17/h2-3,8-10,17H,1H3,(H,15,19)(H,13,14,18). The van der Waals surface area contributed by atoms with Gasteiger partial charge in [0.2, 0.25) is 5.75 Å². The second-order valence-corrected chi connectivity index (χ2v) is 4.64. The Morgan fingerprint density at radius 1 is 1.52 bits per heavy atom. The Bertz CT molecular complexity index is 709. The Kier molecular flexibility index (Phi) is 3.07. The summed E-state index contributed by atoms with van der Waals surface area (Å²) in [6.45, 7) is 1.58. The molecular formula is C12H11N3O6. The molecule has 3 atom stereocenters. The van der Waals surface area contributed by atoms with Crippen LogP contribution in [0.25, 0.3) is 0 Å². The molecule has 1 aromatic rings. The molecule has 1 fully saturated rings. The fourth-order valence-corrected chi connectivity index (χ4v) is 1.99. The number of aliphatic hydroxyl groups excluding tert-OH is 1. The number of aromatic nitrogens is 2. The van der Waals surface area contributed by atoms with E-state index in [0.29, 0.717) is 5.82 Å². The van der Waals surface area contributed by atoms with Crippen LogP contribution in [0.1, 0.15) is 5.82 Å². The summed E-state index contributed by atoms with van der Waals surface area (Å²) in [7, 11) is 0. The fraction of sp³-hybridized carbons (Fsp3) is 0.333. The SMILES string of the molecule is Cc1ncc(OC(=O)NC2=CC(=O)C3OC3C2O)c(=O)[nH]1. The summed E-state index contributed by atoms with van der Waals surface area (Å²) < 4.78 is 9.73. The van der Waals surface area contributed by atoms with Gasteiger partial charge in [0, 0.05) is 6.08 Å². The molecule has 3 rings (SSSR count). The Balaban J connectivity index is 1.69. The van der Waals surface area contributed by atoms with Crippen molar-refractivity contribution < 1.29 is 24.2 Å². The number of amides is 1. The van der Waals surface area contributed by atoms with Crippen LogP contribution in [-0.2, 0) is 9.53 Å². The number of H-pyrrole nitrogens is 1. The summed E-state index contributed by atoms with van der Waals surface area (Å²) in [6, 6.07) is 0. The molecule has 1 aromatic heterocycles. The predicted molar refractivity (Wildman–Crippen MR) is 66.5 cm³/mol. The largest absolute Gasteiger partial charge is 0.417 e. The van der Waals surface area contributed by atoms with E-state index in [1.807, 2.05) is 0 Å². The molecule has 0 bridgehead atoms. The zero-order valence-corrected chi connectivity index (χ0v) is 10.8. The third-order valence-electron chi connectivity index (χ3n) is 3.08. The minimum atomic E-state index is -1.12. The number of ketones is 1. The van der Waals surface area contributed by atoms with Crippen LogP contribution in [0.2, 0.25) is 0 Å². The fourth-order valence-electron chi connectivity index (χ4n) is 1.99. The van der Waals surface area contributed by atoms with Crippen molar-refractivity contribution >= 4 is 11.9 Å². The number of aliphatic hydroxyl groups is 1. The summed E-state index contributed by atoms with van der Waals surface area (Å²) in [5.74, 6) is -0.257. The number of carbonyl (C=O) groups excluding carboxylic acids is 2. The highest BCUT2D eigenvalue weighted by Crippen LogP contribution is 2.33. The van der Waals surface area contributed by atoms with E-state index in [4.69, 9.17) is 9.47 Å². The summed E-state index contributed by atoms with van der Waals surface area (Å²) in [6.07, 6.45) is -1.21. The van der Waals surface area contributed by atoms with Crippen LogP contribution in [0.3, 0.4) is 0 Å². The summed E-state index contributed by atoms with van der Waals surface area (Å²) in [5.41, 5.74) is -0.641. The molecule has 1 aliphatic heterocycles. The number of fused-ring (bicyclic) bond motifs is 1. The van der Waals surface area contributed by atoms with Crippen molar-refractivity contribution in [3.8, 4) is 5.75 Å². The van der Waals surface area contributed by atoms with Gasteiger partial charge >= 0.3 is 6.09 Å². The van der Waals surface area contributed by atoms with Crippen molar-refractivity contribution in [2.45, 2.75) is 25.2 Å². The minimum Gasteiger partial charge on any atom is -0.402 e. The Morgan fingerprint density at radius 3 is 3.00 bits per heavy atom. The van der Waals surface area contributed by atoms with E-state index in [2.05, 4.69) is 15.3 Å². The second-order valence-electron chi connectivity index (χ2n) is 4.64. The molecule has 9 heteroatoms. The lowest BCUT2D eigenvalue weighted by Gasteiger charge is -2.16. The molecule has 2 aliphatic rings. The molecule has 3 N–H and O–H groups in total. The van der Waals surface area contributed by atoms with E-state index in [9.17, 15) is 19.5 Å². The zero-order valence-electron chi connectivity index (χ0n) is 10.8. The van der Waals surface area contributed by atoms with Crippen LogP contribution < -0.4 is 15.6 Å². The molecular weight excluding hydrogens is 282 g/mol. The number of ether oxygens (including phenoxy) is 2. The molecule has 2 heterocycles. The quantitative estimate of drug-likeness (QED) is 0.581. The van der Waals surface area contributed by atoms with Gasteiger partial charge in [-0.2, -0.15) is 0 Å². The topological polar surface area (TPSA) is 134 Å². The second kappa shape index (κ2) is 4.79. The lowest BCUT2D eigenvalue weighted by molar-refractivity contribution is -0.116. The van der Waals surface area contributed by atoms with Gasteiger partial charge in [-0.25, -0.2) is 9.78 Å². The molecule has 3 unspecified atom stereocenters. The van der Waals surface area contributed by atoms with Crippen LogP contribution in [-0.4, -0.2) is 45.3 Å². The summed E-state index contributed by atoms with van der Waals surface area (Å²) in [5, 5.41) is 12.0. The van der Waals surface area contributed by atoms with E-state index in [1.54, 1.807) is 6.92 Å². The number of nitrogens with zero attached hydrogens (tertiary/aromatic N) is 1. The van der Waals surface area contributed by atoms with Crippen LogP contribution >= 0.6 is 0 Å². The van der Waals surface area contributed by atoms with Crippen LogP contribution in [0.15, 0.2) is 22.8 Å². The number of hydrogen-bond donors (Lipinski definition) is 3. The molecule has 0 saturated carbocycles. The Labute approximate surface area is 117 Å². The molecule has 1 saturated heterocycles. The van der Waals surface area contributed by atoms with Gasteiger partial charge in [-0.3, -0.25) is 14.9 Å². The first-order chi connectivity index (χ1) is 9.95. The first-order valence-corrected chi connectivity index (χ1v) is 6.09. The highest BCUT2D eigenvalue weighted by Gasteiger charge is 2.53. The maximum Gasteiger partial charge on any atom is 0.417 e. The third-order valence-corrected chi connectivity index (χ3v) is 3.08. The summed E-state index contributed by atoms with van der Waals surface area (Å²) >= 11 is 0. The van der Waals surface area contributed by atoms with Gasteiger partial charge in [-0.05, 0) is 6.92 Å². The molecule has 21 heavy (non-hydrogen) atoms. The molecule has 1 amide bonds. The molecule has 0 radical (unpaired) electrons. The van der Waals surface area contributed by atoms with Gasteiger partial charge in [0.05, 0.1) is 11.9 Å². The Morgan fingerprint density at radius 2 is 2.29 bits per heavy atom.